The highest BCUT2D eigenvalue weighted by Crippen LogP contribution is 2.33. The third-order valence-electron chi connectivity index (χ3n) is 7.58. The fourth-order valence-electron chi connectivity index (χ4n) is 5.19. The molecule has 208 valence electrons. The van der Waals surface area contributed by atoms with Gasteiger partial charge >= 0.3 is 0 Å². The number of rotatable bonds is 8. The fraction of sp³-hybridized carbons (Fsp3) is 0.448. The summed E-state index contributed by atoms with van der Waals surface area (Å²) in [5, 5.41) is 0. The molecule has 0 saturated carbocycles. The van der Waals surface area contributed by atoms with Crippen molar-refractivity contribution in [1.29, 1.82) is 0 Å². The van der Waals surface area contributed by atoms with Crippen LogP contribution in [0.4, 0.5) is 15.8 Å². The average Bonchev–Trinajstić information content (AvgIpc) is 2.95. The number of benzene rings is 1. The summed E-state index contributed by atoms with van der Waals surface area (Å²) in [5.41, 5.74) is 4.03. The van der Waals surface area contributed by atoms with Crippen LogP contribution in [0.15, 0.2) is 53.8 Å². The molecule has 2 aliphatic rings. The number of hydrogen-bond acceptors (Lipinski definition) is 9. The van der Waals surface area contributed by atoms with Gasteiger partial charge in [-0.15, -0.1) is 0 Å². The molecule has 1 aromatic carbocycles. The predicted molar refractivity (Wildman–Crippen MR) is 155 cm³/mol. The number of aromatic nitrogens is 2. The van der Waals surface area contributed by atoms with Gasteiger partial charge in [0.2, 0.25) is 5.88 Å². The van der Waals surface area contributed by atoms with Gasteiger partial charge < -0.3 is 19.1 Å². The number of methoxy groups -OCH3 is 1. The minimum atomic E-state index is -0.238. The molecule has 2 saturated heterocycles. The second kappa shape index (κ2) is 12.5. The molecule has 0 radical (unpaired) electrons. The van der Waals surface area contributed by atoms with E-state index in [-0.39, 0.29) is 5.82 Å². The maximum Gasteiger partial charge on any atom is 0.229 e. The van der Waals surface area contributed by atoms with Crippen LogP contribution in [0, 0.1) is 5.82 Å². The van der Waals surface area contributed by atoms with E-state index in [9.17, 15) is 0 Å². The van der Waals surface area contributed by atoms with E-state index in [0.717, 1.165) is 60.1 Å². The molecule has 2 aliphatic heterocycles. The molecule has 4 heterocycles. The first-order valence-corrected chi connectivity index (χ1v) is 14.2. The molecular weight excluding hydrogens is 515 g/mol. The van der Waals surface area contributed by atoms with Gasteiger partial charge in [0.1, 0.15) is 5.82 Å². The summed E-state index contributed by atoms with van der Waals surface area (Å²) in [6.07, 6.45) is 5.25. The highest BCUT2D eigenvalue weighted by molar-refractivity contribution is 8.00. The number of hydrogen-bond donors (Lipinski definition) is 1. The lowest BCUT2D eigenvalue weighted by Crippen LogP contribution is -2.54. The lowest BCUT2D eigenvalue weighted by atomic mass is 10.0. The number of ether oxygens (including phenoxy) is 2. The van der Waals surface area contributed by atoms with Gasteiger partial charge in [-0.2, -0.15) is 0 Å². The molecule has 3 aromatic rings. The van der Waals surface area contributed by atoms with Crippen molar-refractivity contribution in [3.63, 3.8) is 0 Å². The molecule has 39 heavy (non-hydrogen) atoms. The van der Waals surface area contributed by atoms with Crippen molar-refractivity contribution in [3.05, 3.63) is 60.3 Å². The van der Waals surface area contributed by atoms with Gasteiger partial charge in [0.15, 0.2) is 0 Å². The Bertz CT molecular complexity index is 1260. The Labute approximate surface area is 234 Å². The molecule has 8 nitrogen and oxygen atoms in total. The summed E-state index contributed by atoms with van der Waals surface area (Å²) in [6.45, 7) is 10.3. The van der Waals surface area contributed by atoms with Crippen LogP contribution < -0.4 is 14.4 Å². The first-order chi connectivity index (χ1) is 18.9. The molecule has 2 atom stereocenters. The van der Waals surface area contributed by atoms with Gasteiger partial charge in [0, 0.05) is 62.1 Å². The number of halogens is 1. The van der Waals surface area contributed by atoms with Crippen LogP contribution in [0.5, 0.6) is 5.88 Å². The van der Waals surface area contributed by atoms with Crippen LogP contribution in [0.2, 0.25) is 0 Å². The summed E-state index contributed by atoms with van der Waals surface area (Å²) in [4.78, 5) is 16.8. The Morgan fingerprint density at radius 3 is 2.56 bits per heavy atom. The molecule has 2 fully saturated rings. The van der Waals surface area contributed by atoms with E-state index in [4.69, 9.17) is 9.47 Å². The third kappa shape index (κ3) is 6.63. The predicted octanol–water partition coefficient (Wildman–Crippen LogP) is 4.77. The van der Waals surface area contributed by atoms with Gasteiger partial charge in [-0.3, -0.25) is 14.8 Å². The van der Waals surface area contributed by atoms with Crippen molar-refractivity contribution in [1.82, 2.24) is 19.8 Å². The zero-order valence-electron chi connectivity index (χ0n) is 23.1. The zero-order chi connectivity index (χ0) is 27.4. The maximum atomic E-state index is 15.3. The van der Waals surface area contributed by atoms with E-state index in [1.807, 2.05) is 24.4 Å². The number of morpholine rings is 1. The lowest BCUT2D eigenvalue weighted by Gasteiger charge is -2.42. The Morgan fingerprint density at radius 2 is 1.85 bits per heavy atom. The van der Waals surface area contributed by atoms with E-state index < -0.39 is 0 Å². The van der Waals surface area contributed by atoms with Crippen LogP contribution in [0.1, 0.15) is 19.4 Å². The van der Waals surface area contributed by atoms with Crippen LogP contribution >= 0.6 is 11.9 Å². The Kier molecular flexibility index (Phi) is 8.86. The van der Waals surface area contributed by atoms with Crippen molar-refractivity contribution in [3.8, 4) is 17.0 Å². The zero-order valence-corrected chi connectivity index (χ0v) is 23.9. The van der Waals surface area contributed by atoms with E-state index in [1.54, 1.807) is 25.6 Å². The topological polar surface area (TPSA) is 66.0 Å². The summed E-state index contributed by atoms with van der Waals surface area (Å²) in [5.74, 6) is 0.304. The van der Waals surface area contributed by atoms with E-state index in [2.05, 4.69) is 56.4 Å². The van der Waals surface area contributed by atoms with Crippen LogP contribution in [0.3, 0.4) is 0 Å². The second-order valence-electron chi connectivity index (χ2n) is 10.3. The lowest BCUT2D eigenvalue weighted by molar-refractivity contribution is 0.0556. The molecule has 0 bridgehead atoms. The molecule has 1 N–H and O–H groups in total. The van der Waals surface area contributed by atoms with Gasteiger partial charge in [0.05, 0.1) is 49.0 Å². The molecule has 2 aromatic heterocycles. The number of likely N-dealkylation sites (N-methyl/N-ethyl adjacent to an activating group) is 1. The Hall–Kier alpha value is -2.92. The van der Waals surface area contributed by atoms with Crippen molar-refractivity contribution in [2.24, 2.45) is 0 Å². The minimum absolute atomic E-state index is 0.238. The molecule has 2 unspecified atom stereocenters. The Balaban J connectivity index is 1.27. The van der Waals surface area contributed by atoms with Crippen LogP contribution in [-0.2, 0) is 11.3 Å². The number of pyridine rings is 2. The molecule has 5 rings (SSSR count). The molecular formula is C29H37FN6O2S. The monoisotopic (exact) mass is 552 g/mol. The summed E-state index contributed by atoms with van der Waals surface area (Å²) in [7, 11) is 3.78. The highest BCUT2D eigenvalue weighted by atomic mass is 32.2. The first kappa shape index (κ1) is 27.6. The molecule has 0 aliphatic carbocycles. The van der Waals surface area contributed by atoms with Crippen molar-refractivity contribution >= 4 is 23.3 Å². The van der Waals surface area contributed by atoms with Crippen LogP contribution in [-0.4, -0.2) is 85.4 Å². The maximum absolute atomic E-state index is 15.3. The van der Waals surface area contributed by atoms with E-state index in [1.165, 1.54) is 11.9 Å². The quantitative estimate of drug-likeness (QED) is 0.398. The van der Waals surface area contributed by atoms with Crippen LogP contribution in [0.25, 0.3) is 11.1 Å². The summed E-state index contributed by atoms with van der Waals surface area (Å²) < 4.78 is 29.6. The molecule has 0 amide bonds. The van der Waals surface area contributed by atoms with Gasteiger partial charge in [-0.1, -0.05) is 12.1 Å². The van der Waals surface area contributed by atoms with E-state index >= 15 is 4.39 Å². The number of nitrogens with one attached hydrogen (secondary N) is 1. The molecule has 0 spiro atoms. The third-order valence-corrected chi connectivity index (χ3v) is 8.43. The minimum Gasteiger partial charge on any atom is -0.480 e. The average molecular weight is 553 g/mol. The van der Waals surface area contributed by atoms with E-state index in [0.29, 0.717) is 36.7 Å². The van der Waals surface area contributed by atoms with Crippen molar-refractivity contribution < 1.29 is 13.9 Å². The SMILES string of the molecule is COc1ncc(N2CCOCC2)cc1SNc1cncc(-c2ccc(CN3CC(C)N(C)C(C)C3)cc2F)c1. The number of anilines is 2. The smallest absolute Gasteiger partial charge is 0.229 e. The van der Waals surface area contributed by atoms with Gasteiger partial charge in [0.25, 0.3) is 0 Å². The second-order valence-corrected chi connectivity index (χ2v) is 11.2. The van der Waals surface area contributed by atoms with Gasteiger partial charge in [-0.05, 0) is 56.6 Å². The standard InChI is InChI=1S/C29H37FN6O2S/c1-20-17-35(18-21(2)34(20)3)19-22-5-6-26(27(30)11-22)23-12-24(15-31-14-23)33-39-28-13-25(16-32-29(28)37-4)36-7-9-38-10-8-36/h5-6,11-16,20-21,33H,7-10,17-19H2,1-4H3. The van der Waals surface area contributed by atoms with Crippen molar-refractivity contribution in [2.45, 2.75) is 37.4 Å². The first-order valence-electron chi connectivity index (χ1n) is 13.4. The number of piperazine rings is 1. The Morgan fingerprint density at radius 1 is 1.08 bits per heavy atom. The normalized spacial score (nSPS) is 20.7. The fourth-order valence-corrected chi connectivity index (χ4v) is 5.93. The molecule has 10 heteroatoms. The van der Waals surface area contributed by atoms with Crippen molar-refractivity contribution in [2.75, 3.05) is 63.2 Å². The summed E-state index contributed by atoms with van der Waals surface area (Å²) >= 11 is 1.40. The highest BCUT2D eigenvalue weighted by Gasteiger charge is 2.26. The summed E-state index contributed by atoms with van der Waals surface area (Å²) in [6, 6.07) is 10.5. The number of nitrogens with zero attached hydrogens (tertiary/aromatic N) is 5. The van der Waals surface area contributed by atoms with Gasteiger partial charge in [-0.25, -0.2) is 9.37 Å². The largest absolute Gasteiger partial charge is 0.480 e.